The van der Waals surface area contributed by atoms with Crippen molar-refractivity contribution < 1.29 is 0 Å². The molecule has 0 saturated heterocycles. The van der Waals surface area contributed by atoms with E-state index in [-0.39, 0.29) is 6.71 Å². The molecule has 0 radical (unpaired) electrons. The maximum Gasteiger partial charge on any atom is 0.252 e. The summed E-state index contributed by atoms with van der Waals surface area (Å²) in [5.41, 5.74) is 22.8. The summed E-state index contributed by atoms with van der Waals surface area (Å²) in [6, 6.07) is 91.1. The van der Waals surface area contributed by atoms with Gasteiger partial charge >= 0.3 is 0 Å². The quantitative estimate of drug-likeness (QED) is 0.148. The molecular formula is C60H41BN2. The first-order valence-electron chi connectivity index (χ1n) is 21.8. The van der Waals surface area contributed by atoms with Gasteiger partial charge < -0.3 is 9.80 Å². The Morgan fingerprint density at radius 1 is 0.254 bits per heavy atom. The highest BCUT2D eigenvalue weighted by Crippen LogP contribution is 2.52. The summed E-state index contributed by atoms with van der Waals surface area (Å²) < 4.78 is 0. The van der Waals surface area contributed by atoms with Crippen molar-refractivity contribution in [1.29, 1.82) is 0 Å². The number of rotatable bonds is 7. The topological polar surface area (TPSA) is 6.48 Å². The van der Waals surface area contributed by atoms with Gasteiger partial charge in [-0.15, -0.1) is 0 Å². The Labute approximate surface area is 369 Å². The largest absolute Gasteiger partial charge is 0.311 e. The summed E-state index contributed by atoms with van der Waals surface area (Å²) in [6.45, 7) is -0.0596. The summed E-state index contributed by atoms with van der Waals surface area (Å²) in [5, 5.41) is 0. The third-order valence-electron chi connectivity index (χ3n) is 12.9. The molecule has 10 aromatic carbocycles. The van der Waals surface area contributed by atoms with E-state index in [0.717, 1.165) is 11.4 Å². The molecule has 0 spiro atoms. The van der Waals surface area contributed by atoms with Gasteiger partial charge in [-0.3, -0.25) is 0 Å². The Bertz CT molecular complexity index is 3190. The van der Waals surface area contributed by atoms with Crippen LogP contribution in [0.25, 0.3) is 55.6 Å². The van der Waals surface area contributed by atoms with E-state index in [9.17, 15) is 0 Å². The summed E-state index contributed by atoms with van der Waals surface area (Å²) in [5.74, 6) is 0. The zero-order chi connectivity index (χ0) is 41.7. The van der Waals surface area contributed by atoms with E-state index in [1.807, 2.05) is 0 Å². The van der Waals surface area contributed by atoms with Crippen molar-refractivity contribution in [3.63, 3.8) is 0 Å². The van der Waals surface area contributed by atoms with Crippen LogP contribution in [0.5, 0.6) is 0 Å². The first-order valence-corrected chi connectivity index (χ1v) is 21.8. The third kappa shape index (κ3) is 6.28. The molecule has 0 unspecified atom stereocenters. The van der Waals surface area contributed by atoms with Crippen LogP contribution in [0.3, 0.4) is 0 Å². The van der Waals surface area contributed by atoms with Gasteiger partial charge in [0.25, 0.3) is 6.71 Å². The van der Waals surface area contributed by atoms with Crippen molar-refractivity contribution in [3.8, 4) is 55.6 Å². The number of fused-ring (bicyclic) bond motifs is 4. The predicted molar refractivity (Wildman–Crippen MR) is 268 cm³/mol. The second kappa shape index (κ2) is 15.4. The zero-order valence-corrected chi connectivity index (χ0v) is 34.6. The standard InChI is InChI=1S/C60H41BN2/c1-6-18-42(19-7-1)45-30-35-50(36-31-45)62-56-29-17-16-28-54(56)61-55-40-49(44-22-10-3-11-23-44)34-39-57(55)63(51-37-32-46(33-38-51)43-20-8-2-9-21-43)60-53(48-26-14-5-15-27-48)41-52(59(62)58(60)61)47-24-12-4-13-25-47/h1-41H. The molecule has 12 rings (SSSR count). The van der Waals surface area contributed by atoms with Crippen LogP contribution >= 0.6 is 0 Å². The molecule has 0 atom stereocenters. The molecule has 0 N–H and O–H groups in total. The summed E-state index contributed by atoms with van der Waals surface area (Å²) in [7, 11) is 0. The highest BCUT2D eigenvalue weighted by molar-refractivity contribution is 7.00. The van der Waals surface area contributed by atoms with E-state index in [2.05, 4.69) is 259 Å². The maximum absolute atomic E-state index is 2.55. The van der Waals surface area contributed by atoms with E-state index in [0.29, 0.717) is 0 Å². The number of benzene rings is 10. The van der Waals surface area contributed by atoms with E-state index in [1.54, 1.807) is 0 Å². The fourth-order valence-electron chi connectivity index (χ4n) is 9.97. The van der Waals surface area contributed by atoms with Crippen LogP contribution in [0.1, 0.15) is 0 Å². The number of anilines is 6. The highest BCUT2D eigenvalue weighted by Gasteiger charge is 2.45. The second-order valence-electron chi connectivity index (χ2n) is 16.4. The zero-order valence-electron chi connectivity index (χ0n) is 34.6. The lowest BCUT2D eigenvalue weighted by molar-refractivity contribution is 1.25. The first-order chi connectivity index (χ1) is 31.3. The molecule has 2 aliphatic rings. The molecule has 0 saturated carbocycles. The van der Waals surface area contributed by atoms with Crippen LogP contribution < -0.4 is 26.2 Å². The Morgan fingerprint density at radius 2 is 0.603 bits per heavy atom. The summed E-state index contributed by atoms with van der Waals surface area (Å²) >= 11 is 0. The third-order valence-corrected chi connectivity index (χ3v) is 12.9. The van der Waals surface area contributed by atoms with Crippen LogP contribution in [0.4, 0.5) is 34.1 Å². The van der Waals surface area contributed by atoms with Crippen LogP contribution in [-0.4, -0.2) is 6.71 Å². The van der Waals surface area contributed by atoms with Crippen molar-refractivity contribution in [2.75, 3.05) is 9.80 Å². The SMILES string of the molecule is c1ccc(-c2ccc(N3c4ccccc4B4c5cc(-c6ccccc6)ccc5N(c5ccc(-c6ccccc6)cc5)c5c(-c6ccccc6)cc(-c6ccccc6)c3c54)cc2)cc1. The minimum absolute atomic E-state index is 0.0596. The monoisotopic (exact) mass is 800 g/mol. The minimum Gasteiger partial charge on any atom is -0.311 e. The van der Waals surface area contributed by atoms with Crippen molar-refractivity contribution >= 4 is 57.2 Å². The lowest BCUT2D eigenvalue weighted by Crippen LogP contribution is -2.61. The number of para-hydroxylation sites is 1. The van der Waals surface area contributed by atoms with E-state index in [1.165, 1.54) is 94.8 Å². The summed E-state index contributed by atoms with van der Waals surface area (Å²) in [6.07, 6.45) is 0. The minimum atomic E-state index is -0.0596. The Morgan fingerprint density at radius 3 is 1.06 bits per heavy atom. The van der Waals surface area contributed by atoms with Gasteiger partial charge in [0.2, 0.25) is 0 Å². The molecule has 0 fully saturated rings. The smallest absolute Gasteiger partial charge is 0.252 e. The van der Waals surface area contributed by atoms with Gasteiger partial charge in [0.1, 0.15) is 0 Å². The molecule has 0 bridgehead atoms. The molecule has 10 aromatic rings. The fraction of sp³-hybridized carbons (Fsp3) is 0. The summed E-state index contributed by atoms with van der Waals surface area (Å²) in [4.78, 5) is 5.09. The normalized spacial score (nSPS) is 12.3. The Hall–Kier alpha value is -8.14. The van der Waals surface area contributed by atoms with Crippen molar-refractivity contribution in [1.82, 2.24) is 0 Å². The van der Waals surface area contributed by atoms with Gasteiger partial charge in [0.15, 0.2) is 0 Å². The van der Waals surface area contributed by atoms with Gasteiger partial charge in [-0.25, -0.2) is 0 Å². The second-order valence-corrected chi connectivity index (χ2v) is 16.4. The molecule has 0 aromatic heterocycles. The molecule has 3 heteroatoms. The van der Waals surface area contributed by atoms with Gasteiger partial charge in [-0.05, 0) is 103 Å². The van der Waals surface area contributed by atoms with Crippen molar-refractivity contribution in [3.05, 3.63) is 249 Å². The molecule has 2 nitrogen and oxygen atoms in total. The molecule has 0 aliphatic carbocycles. The van der Waals surface area contributed by atoms with Gasteiger partial charge in [0.05, 0.1) is 11.4 Å². The highest BCUT2D eigenvalue weighted by atomic mass is 15.2. The van der Waals surface area contributed by atoms with Gasteiger partial charge in [-0.1, -0.05) is 206 Å². The molecule has 0 amide bonds. The number of hydrogen-bond donors (Lipinski definition) is 0. The fourth-order valence-corrected chi connectivity index (χ4v) is 9.97. The average molecular weight is 801 g/mol. The van der Waals surface area contributed by atoms with Crippen LogP contribution in [0, 0.1) is 0 Å². The van der Waals surface area contributed by atoms with Crippen molar-refractivity contribution in [2.24, 2.45) is 0 Å². The maximum atomic E-state index is 2.55. The van der Waals surface area contributed by atoms with Gasteiger partial charge in [-0.2, -0.15) is 0 Å². The molecule has 2 heterocycles. The van der Waals surface area contributed by atoms with E-state index < -0.39 is 0 Å². The lowest BCUT2D eigenvalue weighted by atomic mass is 9.33. The molecule has 63 heavy (non-hydrogen) atoms. The van der Waals surface area contributed by atoms with Crippen LogP contribution in [-0.2, 0) is 0 Å². The number of nitrogens with zero attached hydrogens (tertiary/aromatic N) is 2. The van der Waals surface area contributed by atoms with Crippen LogP contribution in [0.2, 0.25) is 0 Å². The van der Waals surface area contributed by atoms with E-state index in [4.69, 9.17) is 0 Å². The van der Waals surface area contributed by atoms with Crippen LogP contribution in [0.15, 0.2) is 249 Å². The predicted octanol–water partition coefficient (Wildman–Crippen LogP) is 14.1. The van der Waals surface area contributed by atoms with Gasteiger partial charge in [0, 0.05) is 33.9 Å². The van der Waals surface area contributed by atoms with Crippen molar-refractivity contribution in [2.45, 2.75) is 0 Å². The van der Waals surface area contributed by atoms with E-state index >= 15 is 0 Å². The Balaban J connectivity index is 1.20. The Kier molecular flexibility index (Phi) is 8.97. The first kappa shape index (κ1) is 36.7. The molecular weight excluding hydrogens is 759 g/mol. The molecule has 2 aliphatic heterocycles. The average Bonchev–Trinajstić information content (AvgIpc) is 3.37. The number of hydrogen-bond acceptors (Lipinski definition) is 2. The lowest BCUT2D eigenvalue weighted by Gasteiger charge is -2.46. The molecule has 294 valence electrons.